The highest BCUT2D eigenvalue weighted by Gasteiger charge is 2.28. The third-order valence-corrected chi connectivity index (χ3v) is 4.21. The lowest BCUT2D eigenvalue weighted by atomic mass is 9.93. The third kappa shape index (κ3) is 2.64. The van der Waals surface area contributed by atoms with E-state index in [4.69, 9.17) is 14.7 Å². The molecule has 2 heterocycles. The van der Waals surface area contributed by atoms with Gasteiger partial charge in [-0.3, -0.25) is 0 Å². The Kier molecular flexibility index (Phi) is 3.32. The molecule has 0 fully saturated rings. The van der Waals surface area contributed by atoms with Gasteiger partial charge >= 0.3 is 0 Å². The summed E-state index contributed by atoms with van der Waals surface area (Å²) in [7, 11) is 0. The molecule has 0 amide bonds. The van der Waals surface area contributed by atoms with Gasteiger partial charge in [-0.15, -0.1) is 0 Å². The van der Waals surface area contributed by atoms with Crippen LogP contribution in [0.4, 0.5) is 0 Å². The van der Waals surface area contributed by atoms with Gasteiger partial charge in [-0.25, -0.2) is 9.97 Å². The van der Waals surface area contributed by atoms with Gasteiger partial charge in [0.1, 0.15) is 22.9 Å². The Morgan fingerprint density at radius 3 is 2.24 bits per heavy atom. The lowest BCUT2D eigenvalue weighted by Gasteiger charge is -2.25. The minimum Gasteiger partial charge on any atom is -0.508 e. The second kappa shape index (κ2) is 5.31. The number of phenolic OH excluding ortho intramolecular Hbond substituents is 1. The fourth-order valence-corrected chi connectivity index (χ4v) is 3.01. The van der Waals surface area contributed by atoms with Gasteiger partial charge in [0.25, 0.3) is 0 Å². The van der Waals surface area contributed by atoms with E-state index in [0.29, 0.717) is 17.1 Å². The number of rotatable bonds is 0. The molecule has 4 nitrogen and oxygen atoms in total. The summed E-state index contributed by atoms with van der Waals surface area (Å²) in [6.07, 6.45) is 2.06. The number of phenols is 1. The van der Waals surface area contributed by atoms with Gasteiger partial charge in [-0.1, -0.05) is 32.9 Å². The minimum absolute atomic E-state index is 0.0812. The quantitative estimate of drug-likeness (QED) is 0.623. The number of hydrogen-bond acceptors (Lipinski definition) is 4. The van der Waals surface area contributed by atoms with Crippen LogP contribution in [-0.2, 0) is 0 Å². The van der Waals surface area contributed by atoms with Crippen LogP contribution in [0, 0.1) is 12.3 Å². The highest BCUT2D eigenvalue weighted by atomic mass is 16.5. The molecule has 0 aliphatic carbocycles. The van der Waals surface area contributed by atoms with Crippen LogP contribution in [0.3, 0.4) is 0 Å². The maximum atomic E-state index is 10.1. The summed E-state index contributed by atoms with van der Waals surface area (Å²) < 4.78 is 6.19. The molecule has 3 aromatic rings. The molecular formula is C21H20N2O2. The number of fused-ring (bicyclic) bond motifs is 4. The predicted molar refractivity (Wildman–Crippen MR) is 99.4 cm³/mol. The molecule has 25 heavy (non-hydrogen) atoms. The molecule has 0 radical (unpaired) electrons. The van der Waals surface area contributed by atoms with Crippen molar-refractivity contribution in [1.82, 2.24) is 9.97 Å². The van der Waals surface area contributed by atoms with Crippen molar-refractivity contribution in [3.05, 3.63) is 53.7 Å². The standard InChI is InChI=1S/C21H20N2O2/c1-12-16(24)10-9-13-18-19(17(25-20(12)13)11-21(2,3)4)23-15-8-6-5-7-14(15)22-18/h5-11,24H,1-4H3. The Hall–Kier alpha value is -2.88. The molecule has 1 aliphatic heterocycles. The molecule has 0 atom stereocenters. The largest absolute Gasteiger partial charge is 0.508 e. The average molecular weight is 332 g/mol. The minimum atomic E-state index is -0.0812. The van der Waals surface area contributed by atoms with Crippen molar-refractivity contribution in [3.63, 3.8) is 0 Å². The number of aromatic hydroxyl groups is 1. The molecule has 1 aromatic heterocycles. The number of para-hydroxylation sites is 2. The second-order valence-electron chi connectivity index (χ2n) is 7.47. The zero-order chi connectivity index (χ0) is 17.8. The van der Waals surface area contributed by atoms with E-state index in [2.05, 4.69) is 26.8 Å². The van der Waals surface area contributed by atoms with Crippen molar-refractivity contribution in [2.75, 3.05) is 0 Å². The first-order valence-corrected chi connectivity index (χ1v) is 8.34. The zero-order valence-corrected chi connectivity index (χ0v) is 14.8. The van der Waals surface area contributed by atoms with E-state index >= 15 is 0 Å². The fourth-order valence-electron chi connectivity index (χ4n) is 3.01. The van der Waals surface area contributed by atoms with Crippen LogP contribution < -0.4 is 4.74 Å². The average Bonchev–Trinajstić information content (AvgIpc) is 2.56. The molecule has 126 valence electrons. The van der Waals surface area contributed by atoms with Gasteiger partial charge in [-0.05, 0) is 42.7 Å². The highest BCUT2D eigenvalue weighted by molar-refractivity contribution is 5.89. The summed E-state index contributed by atoms with van der Waals surface area (Å²) in [5.74, 6) is 1.54. The summed E-state index contributed by atoms with van der Waals surface area (Å²) >= 11 is 0. The normalized spacial score (nSPS) is 15.0. The van der Waals surface area contributed by atoms with Crippen molar-refractivity contribution in [2.24, 2.45) is 5.41 Å². The second-order valence-corrected chi connectivity index (χ2v) is 7.47. The van der Waals surface area contributed by atoms with Gasteiger partial charge in [0.15, 0.2) is 5.76 Å². The van der Waals surface area contributed by atoms with Crippen molar-refractivity contribution in [2.45, 2.75) is 27.7 Å². The Morgan fingerprint density at radius 2 is 1.60 bits per heavy atom. The van der Waals surface area contributed by atoms with Gasteiger partial charge in [0.2, 0.25) is 0 Å². The Balaban J connectivity index is 2.08. The van der Waals surface area contributed by atoms with E-state index in [9.17, 15) is 5.11 Å². The SMILES string of the molecule is Cc1c(O)ccc2c1OC(=CC(C)(C)C)c1nc3ccccc3nc1-2. The van der Waals surface area contributed by atoms with Crippen LogP contribution in [-0.4, -0.2) is 15.1 Å². The van der Waals surface area contributed by atoms with Crippen LogP contribution >= 0.6 is 0 Å². The topological polar surface area (TPSA) is 55.2 Å². The lowest BCUT2D eigenvalue weighted by Crippen LogP contribution is -2.13. The third-order valence-electron chi connectivity index (χ3n) is 4.21. The number of allylic oxidation sites excluding steroid dienone is 1. The first-order chi connectivity index (χ1) is 11.8. The number of ether oxygens (including phenoxy) is 1. The molecule has 1 N–H and O–H groups in total. The monoisotopic (exact) mass is 332 g/mol. The smallest absolute Gasteiger partial charge is 0.151 e. The fraction of sp³-hybridized carbons (Fsp3) is 0.238. The maximum Gasteiger partial charge on any atom is 0.151 e. The van der Waals surface area contributed by atoms with Gasteiger partial charge in [0, 0.05) is 11.1 Å². The summed E-state index contributed by atoms with van der Waals surface area (Å²) in [5, 5.41) is 10.1. The predicted octanol–water partition coefficient (Wildman–Crippen LogP) is 5.09. The Labute approximate surface area is 146 Å². The number of aromatic nitrogens is 2. The molecule has 0 saturated carbocycles. The first kappa shape index (κ1) is 15.6. The lowest BCUT2D eigenvalue weighted by molar-refractivity contribution is 0.450. The molecule has 0 unspecified atom stereocenters. The van der Waals surface area contributed by atoms with Gasteiger partial charge < -0.3 is 9.84 Å². The maximum absolute atomic E-state index is 10.1. The van der Waals surface area contributed by atoms with Crippen LogP contribution in [0.5, 0.6) is 11.5 Å². The molecular weight excluding hydrogens is 312 g/mol. The molecule has 0 spiro atoms. The van der Waals surface area contributed by atoms with Crippen molar-refractivity contribution < 1.29 is 9.84 Å². The first-order valence-electron chi connectivity index (χ1n) is 8.34. The molecule has 4 rings (SSSR count). The van der Waals surface area contributed by atoms with Gasteiger partial charge in [0.05, 0.1) is 11.0 Å². The van der Waals surface area contributed by atoms with E-state index in [1.165, 1.54) is 0 Å². The highest BCUT2D eigenvalue weighted by Crippen LogP contribution is 2.45. The summed E-state index contributed by atoms with van der Waals surface area (Å²) in [6.45, 7) is 8.19. The number of hydrogen-bond donors (Lipinski definition) is 1. The van der Waals surface area contributed by atoms with Crippen LogP contribution in [0.25, 0.3) is 28.0 Å². The van der Waals surface area contributed by atoms with E-state index in [0.717, 1.165) is 28.0 Å². The molecule has 4 heteroatoms. The van der Waals surface area contributed by atoms with Gasteiger partial charge in [-0.2, -0.15) is 0 Å². The van der Waals surface area contributed by atoms with E-state index in [1.54, 1.807) is 6.07 Å². The van der Waals surface area contributed by atoms with Crippen LogP contribution in [0.2, 0.25) is 0 Å². The molecule has 2 aromatic carbocycles. The van der Waals surface area contributed by atoms with Crippen LogP contribution in [0.15, 0.2) is 42.5 Å². The van der Waals surface area contributed by atoms with Crippen LogP contribution in [0.1, 0.15) is 32.0 Å². The zero-order valence-electron chi connectivity index (χ0n) is 14.8. The summed E-state index contributed by atoms with van der Waals surface area (Å²) in [4.78, 5) is 9.66. The van der Waals surface area contributed by atoms with Crippen molar-refractivity contribution in [1.29, 1.82) is 0 Å². The van der Waals surface area contributed by atoms with Crippen molar-refractivity contribution in [3.8, 4) is 22.8 Å². The molecule has 0 bridgehead atoms. The summed E-state index contributed by atoms with van der Waals surface area (Å²) in [5.41, 5.74) is 4.69. The van der Waals surface area contributed by atoms with E-state index in [1.807, 2.05) is 37.3 Å². The molecule has 1 aliphatic rings. The molecule has 0 saturated heterocycles. The number of benzene rings is 2. The Bertz CT molecular complexity index is 1030. The van der Waals surface area contributed by atoms with Crippen molar-refractivity contribution >= 4 is 16.8 Å². The number of nitrogens with zero attached hydrogens (tertiary/aromatic N) is 2. The Morgan fingerprint density at radius 1 is 0.960 bits per heavy atom. The van der Waals surface area contributed by atoms with E-state index in [-0.39, 0.29) is 11.2 Å². The van der Waals surface area contributed by atoms with E-state index < -0.39 is 0 Å². The summed E-state index contributed by atoms with van der Waals surface area (Å²) in [6, 6.07) is 11.3.